The molecule has 2 rings (SSSR count). The maximum absolute atomic E-state index is 11.3. The Bertz CT molecular complexity index is 558. The Kier molecular flexibility index (Phi) is 4.00. The second-order valence-corrected chi connectivity index (χ2v) is 4.91. The lowest BCUT2D eigenvalue weighted by Gasteiger charge is -2.11. The number of rotatable bonds is 5. The first-order chi connectivity index (χ1) is 9.04. The maximum Gasteiger partial charge on any atom is 0.307 e. The van der Waals surface area contributed by atoms with Crippen molar-refractivity contribution in [3.8, 4) is 0 Å². The van der Waals surface area contributed by atoms with Crippen molar-refractivity contribution in [1.82, 2.24) is 9.78 Å². The summed E-state index contributed by atoms with van der Waals surface area (Å²) in [5.41, 5.74) is 3.05. The molecule has 19 heavy (non-hydrogen) atoms. The van der Waals surface area contributed by atoms with Gasteiger partial charge in [0, 0.05) is 19.7 Å². The van der Waals surface area contributed by atoms with Gasteiger partial charge in [-0.25, -0.2) is 0 Å². The van der Waals surface area contributed by atoms with E-state index in [0.717, 1.165) is 11.3 Å². The summed E-state index contributed by atoms with van der Waals surface area (Å²) in [6.07, 6.45) is 2.83. The molecule has 0 fully saturated rings. The average molecular weight is 258 g/mol. The van der Waals surface area contributed by atoms with E-state index in [2.05, 4.69) is 5.10 Å². The van der Waals surface area contributed by atoms with E-state index < -0.39 is 11.9 Å². The number of aromatic nitrogens is 2. The van der Waals surface area contributed by atoms with Crippen LogP contribution in [0.1, 0.15) is 16.8 Å². The van der Waals surface area contributed by atoms with Crippen LogP contribution in [0.5, 0.6) is 0 Å². The molecule has 4 nitrogen and oxygen atoms in total. The van der Waals surface area contributed by atoms with Gasteiger partial charge < -0.3 is 5.11 Å². The van der Waals surface area contributed by atoms with Gasteiger partial charge >= 0.3 is 5.97 Å². The molecule has 0 amide bonds. The fourth-order valence-corrected chi connectivity index (χ4v) is 2.08. The molecule has 1 aromatic carbocycles. The molecule has 0 aliphatic rings. The Balaban J connectivity index is 2.08. The number of aryl methyl sites for hydroxylation is 2. The second-order valence-electron chi connectivity index (χ2n) is 4.91. The zero-order valence-electron chi connectivity index (χ0n) is 11.2. The lowest BCUT2D eigenvalue weighted by atomic mass is 9.94. The first kappa shape index (κ1) is 13.3. The summed E-state index contributed by atoms with van der Waals surface area (Å²) in [7, 11) is 1.83. The Hall–Kier alpha value is -2.10. The van der Waals surface area contributed by atoms with E-state index in [4.69, 9.17) is 0 Å². The molecule has 0 bridgehead atoms. The van der Waals surface area contributed by atoms with Crippen molar-refractivity contribution in [1.29, 1.82) is 0 Å². The van der Waals surface area contributed by atoms with Crippen LogP contribution < -0.4 is 0 Å². The van der Waals surface area contributed by atoms with Crippen molar-refractivity contribution < 1.29 is 9.90 Å². The average Bonchev–Trinajstić information content (AvgIpc) is 2.76. The Morgan fingerprint density at radius 2 is 1.95 bits per heavy atom. The number of aliphatic carboxylic acids is 1. The minimum absolute atomic E-state index is 0.433. The smallest absolute Gasteiger partial charge is 0.307 e. The summed E-state index contributed by atoms with van der Waals surface area (Å²) in [5.74, 6) is -1.20. The molecule has 0 spiro atoms. The number of carboxylic acids is 1. The van der Waals surface area contributed by atoms with Gasteiger partial charge in [0.2, 0.25) is 0 Å². The van der Waals surface area contributed by atoms with Gasteiger partial charge in [0.15, 0.2) is 0 Å². The van der Waals surface area contributed by atoms with Gasteiger partial charge in [-0.2, -0.15) is 5.10 Å². The van der Waals surface area contributed by atoms with E-state index in [9.17, 15) is 9.90 Å². The van der Waals surface area contributed by atoms with Crippen LogP contribution in [0.2, 0.25) is 0 Å². The van der Waals surface area contributed by atoms with Crippen molar-refractivity contribution in [3.63, 3.8) is 0 Å². The fourth-order valence-electron chi connectivity index (χ4n) is 2.08. The molecule has 0 aliphatic carbocycles. The second kappa shape index (κ2) is 5.69. The van der Waals surface area contributed by atoms with E-state index in [1.807, 2.05) is 50.5 Å². The molecular weight excluding hydrogens is 240 g/mol. The van der Waals surface area contributed by atoms with Gasteiger partial charge in [-0.1, -0.05) is 29.8 Å². The van der Waals surface area contributed by atoms with Crippen LogP contribution in [0.3, 0.4) is 0 Å². The molecule has 1 N–H and O–H groups in total. The van der Waals surface area contributed by atoms with E-state index in [0.29, 0.717) is 12.8 Å². The predicted octanol–water partition coefficient (Wildman–Crippen LogP) is 2.21. The van der Waals surface area contributed by atoms with Crippen molar-refractivity contribution in [2.75, 3.05) is 0 Å². The third kappa shape index (κ3) is 3.68. The minimum Gasteiger partial charge on any atom is -0.481 e. The van der Waals surface area contributed by atoms with Crippen molar-refractivity contribution >= 4 is 5.97 Å². The lowest BCUT2D eigenvalue weighted by molar-refractivity contribution is -0.141. The quantitative estimate of drug-likeness (QED) is 0.894. The van der Waals surface area contributed by atoms with Crippen LogP contribution in [-0.4, -0.2) is 20.9 Å². The number of hydrogen-bond acceptors (Lipinski definition) is 2. The first-order valence-electron chi connectivity index (χ1n) is 6.31. The molecule has 0 aliphatic heterocycles. The lowest BCUT2D eigenvalue weighted by Crippen LogP contribution is -2.19. The van der Waals surface area contributed by atoms with Crippen LogP contribution in [0.25, 0.3) is 0 Å². The molecule has 4 heteroatoms. The highest BCUT2D eigenvalue weighted by Gasteiger charge is 2.19. The predicted molar refractivity (Wildman–Crippen MR) is 72.9 cm³/mol. The minimum atomic E-state index is -0.772. The molecule has 1 aromatic heterocycles. The molecule has 0 saturated carbocycles. The van der Waals surface area contributed by atoms with Gasteiger partial charge in [0.05, 0.1) is 11.6 Å². The van der Waals surface area contributed by atoms with Crippen LogP contribution in [0.15, 0.2) is 36.5 Å². The summed E-state index contributed by atoms with van der Waals surface area (Å²) in [6, 6.07) is 9.86. The maximum atomic E-state index is 11.3. The van der Waals surface area contributed by atoms with Crippen LogP contribution in [-0.2, 0) is 24.7 Å². The van der Waals surface area contributed by atoms with Gasteiger partial charge in [0.1, 0.15) is 0 Å². The molecule has 1 unspecified atom stereocenters. The number of nitrogens with zero attached hydrogens (tertiary/aromatic N) is 2. The highest BCUT2D eigenvalue weighted by atomic mass is 16.4. The Morgan fingerprint density at radius 3 is 2.47 bits per heavy atom. The molecule has 1 atom stereocenters. The zero-order chi connectivity index (χ0) is 13.8. The van der Waals surface area contributed by atoms with Gasteiger partial charge in [-0.05, 0) is 25.0 Å². The highest BCUT2D eigenvalue weighted by molar-refractivity contribution is 5.70. The van der Waals surface area contributed by atoms with Crippen LogP contribution >= 0.6 is 0 Å². The third-order valence-electron chi connectivity index (χ3n) is 3.18. The van der Waals surface area contributed by atoms with E-state index >= 15 is 0 Å². The summed E-state index contributed by atoms with van der Waals surface area (Å²) in [5, 5.41) is 13.6. The SMILES string of the molecule is Cc1ccc(CC(Cc2ccn(C)n2)C(=O)O)cc1. The summed E-state index contributed by atoms with van der Waals surface area (Å²) < 4.78 is 1.69. The number of carboxylic acid groups (broad SMARTS) is 1. The number of hydrogen-bond donors (Lipinski definition) is 1. The van der Waals surface area contributed by atoms with E-state index in [-0.39, 0.29) is 0 Å². The van der Waals surface area contributed by atoms with Gasteiger partial charge in [0.25, 0.3) is 0 Å². The van der Waals surface area contributed by atoms with Gasteiger partial charge in [-0.15, -0.1) is 0 Å². The van der Waals surface area contributed by atoms with Crippen LogP contribution in [0.4, 0.5) is 0 Å². The molecule has 100 valence electrons. The Morgan fingerprint density at radius 1 is 1.26 bits per heavy atom. The fraction of sp³-hybridized carbons (Fsp3) is 0.333. The van der Waals surface area contributed by atoms with Crippen molar-refractivity contribution in [3.05, 3.63) is 53.3 Å². The molecule has 1 heterocycles. The molecule has 0 saturated heterocycles. The third-order valence-corrected chi connectivity index (χ3v) is 3.18. The van der Waals surface area contributed by atoms with Crippen molar-refractivity contribution in [2.45, 2.75) is 19.8 Å². The summed E-state index contributed by atoms with van der Waals surface area (Å²) in [4.78, 5) is 11.3. The monoisotopic (exact) mass is 258 g/mol. The topological polar surface area (TPSA) is 55.1 Å². The van der Waals surface area contributed by atoms with E-state index in [1.54, 1.807) is 4.68 Å². The van der Waals surface area contributed by atoms with Crippen LogP contribution in [0, 0.1) is 12.8 Å². The largest absolute Gasteiger partial charge is 0.481 e. The Labute approximate surface area is 112 Å². The molecule has 0 radical (unpaired) electrons. The van der Waals surface area contributed by atoms with E-state index in [1.165, 1.54) is 5.56 Å². The zero-order valence-corrected chi connectivity index (χ0v) is 11.2. The van der Waals surface area contributed by atoms with Gasteiger partial charge in [-0.3, -0.25) is 9.48 Å². The van der Waals surface area contributed by atoms with Crippen molar-refractivity contribution in [2.24, 2.45) is 13.0 Å². The standard InChI is InChI=1S/C15H18N2O2/c1-11-3-5-12(6-4-11)9-13(15(18)19)10-14-7-8-17(2)16-14/h3-8,13H,9-10H2,1-2H3,(H,18,19). The molecular formula is C15H18N2O2. The summed E-state index contributed by atoms with van der Waals surface area (Å²) in [6.45, 7) is 2.02. The highest BCUT2D eigenvalue weighted by Crippen LogP contribution is 2.15. The first-order valence-corrected chi connectivity index (χ1v) is 6.31. The number of benzene rings is 1. The summed E-state index contributed by atoms with van der Waals surface area (Å²) >= 11 is 0. The normalized spacial score (nSPS) is 12.3. The number of carbonyl (C=O) groups is 1. The molecule has 2 aromatic rings.